The zero-order chi connectivity index (χ0) is 10.7. The van der Waals surface area contributed by atoms with E-state index in [4.69, 9.17) is 0 Å². The van der Waals surface area contributed by atoms with E-state index in [9.17, 15) is 0 Å². The summed E-state index contributed by atoms with van der Waals surface area (Å²) >= 11 is 0. The van der Waals surface area contributed by atoms with Gasteiger partial charge < -0.3 is 5.32 Å². The van der Waals surface area contributed by atoms with Gasteiger partial charge in [-0.2, -0.15) is 0 Å². The number of rotatable bonds is 2. The molecule has 0 atom stereocenters. The fourth-order valence-electron chi connectivity index (χ4n) is 1.83. The SMILES string of the molecule is CCC1=CC=C(c2ccccc2C)NC1. The molecule has 0 bridgehead atoms. The molecule has 1 aliphatic rings. The molecule has 0 aromatic heterocycles. The Labute approximate surface area is 91.5 Å². The number of hydrogen-bond donors (Lipinski definition) is 1. The number of aryl methyl sites for hydroxylation is 1. The van der Waals surface area contributed by atoms with Gasteiger partial charge in [-0.05, 0) is 25.0 Å². The van der Waals surface area contributed by atoms with E-state index in [2.05, 4.69) is 55.6 Å². The van der Waals surface area contributed by atoms with Gasteiger partial charge in [0.25, 0.3) is 0 Å². The number of allylic oxidation sites excluding steroid dienone is 2. The lowest BCUT2D eigenvalue weighted by atomic mass is 10.0. The van der Waals surface area contributed by atoms with Crippen LogP contribution in [0.2, 0.25) is 0 Å². The maximum absolute atomic E-state index is 3.47. The number of nitrogens with one attached hydrogen (secondary N) is 1. The normalized spacial score (nSPS) is 15.3. The first-order chi connectivity index (χ1) is 7.31. The van der Waals surface area contributed by atoms with E-state index in [1.165, 1.54) is 22.4 Å². The van der Waals surface area contributed by atoms with Crippen LogP contribution < -0.4 is 5.32 Å². The zero-order valence-corrected chi connectivity index (χ0v) is 9.38. The monoisotopic (exact) mass is 199 g/mol. The quantitative estimate of drug-likeness (QED) is 0.770. The smallest absolute Gasteiger partial charge is 0.0419 e. The van der Waals surface area contributed by atoms with Crippen molar-refractivity contribution in [2.24, 2.45) is 0 Å². The molecule has 0 saturated carbocycles. The van der Waals surface area contributed by atoms with Crippen molar-refractivity contribution in [2.75, 3.05) is 6.54 Å². The van der Waals surface area contributed by atoms with E-state index < -0.39 is 0 Å². The van der Waals surface area contributed by atoms with Crippen LogP contribution in [-0.4, -0.2) is 6.54 Å². The Morgan fingerprint density at radius 1 is 1.20 bits per heavy atom. The van der Waals surface area contributed by atoms with Crippen molar-refractivity contribution in [1.29, 1.82) is 0 Å². The van der Waals surface area contributed by atoms with Gasteiger partial charge in [0.2, 0.25) is 0 Å². The topological polar surface area (TPSA) is 12.0 Å². The molecular formula is C14H17N. The fraction of sp³-hybridized carbons (Fsp3) is 0.286. The molecule has 1 nitrogen and oxygen atoms in total. The van der Waals surface area contributed by atoms with Crippen LogP contribution in [0.15, 0.2) is 42.0 Å². The molecule has 15 heavy (non-hydrogen) atoms. The summed E-state index contributed by atoms with van der Waals surface area (Å²) in [4.78, 5) is 0. The van der Waals surface area contributed by atoms with E-state index >= 15 is 0 Å². The summed E-state index contributed by atoms with van der Waals surface area (Å²) < 4.78 is 0. The molecule has 1 aromatic carbocycles. The third-order valence-electron chi connectivity index (χ3n) is 2.88. The van der Waals surface area contributed by atoms with Gasteiger partial charge in [-0.1, -0.05) is 42.8 Å². The summed E-state index contributed by atoms with van der Waals surface area (Å²) in [5.41, 5.74) is 5.34. The molecule has 0 spiro atoms. The van der Waals surface area contributed by atoms with Gasteiger partial charge >= 0.3 is 0 Å². The largest absolute Gasteiger partial charge is 0.381 e. The van der Waals surface area contributed by atoms with Crippen LogP contribution in [0, 0.1) is 6.92 Å². The third kappa shape index (κ3) is 2.12. The Morgan fingerprint density at radius 3 is 2.60 bits per heavy atom. The summed E-state index contributed by atoms with van der Waals surface area (Å²) in [6, 6.07) is 8.48. The maximum Gasteiger partial charge on any atom is 0.0419 e. The summed E-state index contributed by atoms with van der Waals surface area (Å²) in [7, 11) is 0. The van der Waals surface area contributed by atoms with E-state index in [-0.39, 0.29) is 0 Å². The average molecular weight is 199 g/mol. The first kappa shape index (κ1) is 10.0. The van der Waals surface area contributed by atoms with Crippen molar-refractivity contribution in [3.63, 3.8) is 0 Å². The minimum Gasteiger partial charge on any atom is -0.381 e. The Kier molecular flexibility index (Phi) is 2.91. The number of benzene rings is 1. The highest BCUT2D eigenvalue weighted by Crippen LogP contribution is 2.19. The molecule has 0 fully saturated rings. The van der Waals surface area contributed by atoms with E-state index in [0.717, 1.165) is 13.0 Å². The Balaban J connectivity index is 2.30. The summed E-state index contributed by atoms with van der Waals surface area (Å²) in [5.74, 6) is 0. The molecule has 1 heterocycles. The van der Waals surface area contributed by atoms with Crippen LogP contribution in [0.3, 0.4) is 0 Å². The molecule has 1 heteroatoms. The predicted molar refractivity (Wildman–Crippen MR) is 65.5 cm³/mol. The lowest BCUT2D eigenvalue weighted by Crippen LogP contribution is -2.18. The van der Waals surface area contributed by atoms with Crippen LogP contribution in [0.4, 0.5) is 0 Å². The molecule has 2 rings (SSSR count). The second-order valence-electron chi connectivity index (χ2n) is 3.93. The highest BCUT2D eigenvalue weighted by atomic mass is 14.9. The summed E-state index contributed by atoms with van der Waals surface area (Å²) in [6.45, 7) is 5.33. The Bertz CT molecular complexity index is 413. The van der Waals surface area contributed by atoms with Gasteiger partial charge in [-0.3, -0.25) is 0 Å². The Hall–Kier alpha value is -1.50. The maximum atomic E-state index is 3.47. The first-order valence-corrected chi connectivity index (χ1v) is 5.51. The van der Waals surface area contributed by atoms with Gasteiger partial charge in [0.1, 0.15) is 0 Å². The van der Waals surface area contributed by atoms with Gasteiger partial charge in [-0.15, -0.1) is 0 Å². The van der Waals surface area contributed by atoms with Gasteiger partial charge in [0, 0.05) is 17.8 Å². The van der Waals surface area contributed by atoms with Crippen molar-refractivity contribution < 1.29 is 0 Å². The van der Waals surface area contributed by atoms with E-state index in [1.54, 1.807) is 0 Å². The molecule has 0 amide bonds. The summed E-state index contributed by atoms with van der Waals surface area (Å²) in [6.07, 6.45) is 5.55. The first-order valence-electron chi connectivity index (χ1n) is 5.51. The molecule has 0 radical (unpaired) electrons. The molecule has 1 aliphatic heterocycles. The van der Waals surface area contributed by atoms with Crippen molar-refractivity contribution in [3.05, 3.63) is 53.1 Å². The van der Waals surface area contributed by atoms with Crippen LogP contribution in [0.1, 0.15) is 24.5 Å². The van der Waals surface area contributed by atoms with Crippen LogP contribution >= 0.6 is 0 Å². The van der Waals surface area contributed by atoms with Crippen LogP contribution in [0.25, 0.3) is 5.70 Å². The van der Waals surface area contributed by atoms with E-state index in [1.807, 2.05) is 0 Å². The van der Waals surface area contributed by atoms with Gasteiger partial charge in [-0.25, -0.2) is 0 Å². The highest BCUT2D eigenvalue weighted by molar-refractivity contribution is 5.69. The van der Waals surface area contributed by atoms with Gasteiger partial charge in [0.15, 0.2) is 0 Å². The molecule has 1 aromatic rings. The van der Waals surface area contributed by atoms with Crippen LogP contribution in [-0.2, 0) is 0 Å². The van der Waals surface area contributed by atoms with Crippen molar-refractivity contribution in [3.8, 4) is 0 Å². The van der Waals surface area contributed by atoms with Crippen molar-refractivity contribution in [2.45, 2.75) is 20.3 Å². The second-order valence-corrected chi connectivity index (χ2v) is 3.93. The van der Waals surface area contributed by atoms with Crippen LogP contribution in [0.5, 0.6) is 0 Å². The minimum atomic E-state index is 0.983. The standard InChI is InChI=1S/C14H17N/c1-3-12-8-9-14(15-10-12)13-7-5-4-6-11(13)2/h4-9,15H,3,10H2,1-2H3. The minimum absolute atomic E-state index is 0.983. The van der Waals surface area contributed by atoms with Gasteiger partial charge in [0.05, 0.1) is 0 Å². The predicted octanol–water partition coefficient (Wildman–Crippen LogP) is 3.28. The van der Waals surface area contributed by atoms with Crippen molar-refractivity contribution in [1.82, 2.24) is 5.32 Å². The average Bonchev–Trinajstić information content (AvgIpc) is 2.30. The fourth-order valence-corrected chi connectivity index (χ4v) is 1.83. The lowest BCUT2D eigenvalue weighted by molar-refractivity contribution is 0.888. The molecule has 1 N–H and O–H groups in total. The molecule has 0 unspecified atom stereocenters. The molecule has 0 saturated heterocycles. The third-order valence-corrected chi connectivity index (χ3v) is 2.88. The summed E-state index contributed by atoms with van der Waals surface area (Å²) in [5, 5.41) is 3.47. The lowest BCUT2D eigenvalue weighted by Gasteiger charge is -2.18. The van der Waals surface area contributed by atoms with Crippen molar-refractivity contribution >= 4 is 5.70 Å². The van der Waals surface area contributed by atoms with E-state index in [0.29, 0.717) is 0 Å². The second kappa shape index (κ2) is 4.35. The number of hydrogen-bond acceptors (Lipinski definition) is 1. The number of dihydropyridines is 1. The zero-order valence-electron chi connectivity index (χ0n) is 9.38. The molecule has 0 aliphatic carbocycles. The molecule has 78 valence electrons. The highest BCUT2D eigenvalue weighted by Gasteiger charge is 2.07. The Morgan fingerprint density at radius 2 is 2.00 bits per heavy atom. The molecular weight excluding hydrogens is 182 g/mol.